The lowest BCUT2D eigenvalue weighted by Gasteiger charge is -2.15. The summed E-state index contributed by atoms with van der Waals surface area (Å²) >= 11 is 1.34. The van der Waals surface area contributed by atoms with E-state index >= 15 is 0 Å². The first kappa shape index (κ1) is 15.9. The predicted molar refractivity (Wildman–Crippen MR) is 69.5 cm³/mol. The number of imide groups is 1. The maximum absolute atomic E-state index is 11.7. The van der Waals surface area contributed by atoms with Crippen molar-refractivity contribution in [2.45, 2.75) is 11.7 Å². The largest absolute Gasteiger partial charge is 0.382 e. The molecule has 7 nitrogen and oxygen atoms in total. The standard InChI is InChI=1S/C11H18N2O5S/c1-17-3-4-18-6-9(14)12-7-13-10(15)5-8(19-2)11(13)16/h8H,3-7H2,1-2H3,(H,12,14). The summed E-state index contributed by atoms with van der Waals surface area (Å²) in [6.07, 6.45) is 1.97. The minimum absolute atomic E-state index is 0.0960. The lowest BCUT2D eigenvalue weighted by atomic mass is 10.4. The number of carbonyl (C=O) groups excluding carboxylic acids is 3. The van der Waals surface area contributed by atoms with Gasteiger partial charge < -0.3 is 14.8 Å². The number of hydrogen-bond donors (Lipinski definition) is 1. The van der Waals surface area contributed by atoms with E-state index in [0.717, 1.165) is 4.90 Å². The molecule has 19 heavy (non-hydrogen) atoms. The van der Waals surface area contributed by atoms with Gasteiger partial charge in [-0.2, -0.15) is 11.8 Å². The van der Waals surface area contributed by atoms with Crippen molar-refractivity contribution in [1.82, 2.24) is 10.2 Å². The van der Waals surface area contributed by atoms with Gasteiger partial charge in [0.15, 0.2) is 0 Å². The van der Waals surface area contributed by atoms with Crippen molar-refractivity contribution >= 4 is 29.5 Å². The van der Waals surface area contributed by atoms with E-state index in [0.29, 0.717) is 13.2 Å². The van der Waals surface area contributed by atoms with Crippen molar-refractivity contribution in [2.75, 3.05) is 39.9 Å². The number of amides is 3. The van der Waals surface area contributed by atoms with Crippen LogP contribution in [-0.4, -0.2) is 67.7 Å². The Bertz CT molecular complexity index is 350. The Labute approximate surface area is 116 Å². The molecule has 1 rings (SSSR count). The average molecular weight is 290 g/mol. The normalized spacial score (nSPS) is 19.1. The second-order valence-corrected chi connectivity index (χ2v) is 4.93. The number of hydrogen-bond acceptors (Lipinski definition) is 6. The van der Waals surface area contributed by atoms with Crippen molar-refractivity contribution in [2.24, 2.45) is 0 Å². The van der Waals surface area contributed by atoms with Gasteiger partial charge in [-0.25, -0.2) is 0 Å². The van der Waals surface area contributed by atoms with Gasteiger partial charge in [-0.1, -0.05) is 0 Å². The van der Waals surface area contributed by atoms with Gasteiger partial charge in [0, 0.05) is 13.5 Å². The molecule has 1 fully saturated rings. The fraction of sp³-hybridized carbons (Fsp3) is 0.727. The average Bonchev–Trinajstić information content (AvgIpc) is 2.67. The third-order valence-electron chi connectivity index (χ3n) is 2.59. The zero-order valence-electron chi connectivity index (χ0n) is 11.0. The van der Waals surface area contributed by atoms with Crippen LogP contribution in [0.1, 0.15) is 6.42 Å². The molecule has 0 aromatic carbocycles. The van der Waals surface area contributed by atoms with Crippen LogP contribution in [-0.2, 0) is 23.9 Å². The molecule has 1 aliphatic heterocycles. The van der Waals surface area contributed by atoms with Gasteiger partial charge >= 0.3 is 0 Å². The highest BCUT2D eigenvalue weighted by molar-refractivity contribution is 8.00. The summed E-state index contributed by atoms with van der Waals surface area (Å²) in [5.41, 5.74) is 0. The minimum atomic E-state index is -0.371. The molecule has 1 heterocycles. The van der Waals surface area contributed by atoms with Crippen molar-refractivity contribution < 1.29 is 23.9 Å². The minimum Gasteiger partial charge on any atom is -0.382 e. The summed E-state index contributed by atoms with van der Waals surface area (Å²) in [6, 6.07) is 0. The van der Waals surface area contributed by atoms with Crippen molar-refractivity contribution in [3.63, 3.8) is 0 Å². The quantitative estimate of drug-likeness (QED) is 0.466. The Morgan fingerprint density at radius 2 is 2.21 bits per heavy atom. The van der Waals surface area contributed by atoms with Crippen LogP contribution in [0.4, 0.5) is 0 Å². The van der Waals surface area contributed by atoms with Gasteiger partial charge in [-0.05, 0) is 6.26 Å². The number of thioether (sulfide) groups is 1. The van der Waals surface area contributed by atoms with E-state index in [2.05, 4.69) is 5.32 Å². The molecule has 1 N–H and O–H groups in total. The topological polar surface area (TPSA) is 84.9 Å². The first-order valence-corrected chi connectivity index (χ1v) is 7.09. The van der Waals surface area contributed by atoms with Crippen LogP contribution < -0.4 is 5.32 Å². The number of carbonyl (C=O) groups is 3. The van der Waals surface area contributed by atoms with Gasteiger partial charge in [0.25, 0.3) is 0 Å². The second kappa shape index (κ2) is 8.13. The Kier molecular flexibility index (Phi) is 6.82. The fourth-order valence-corrected chi connectivity index (χ4v) is 2.17. The number of rotatable bonds is 8. The summed E-state index contributed by atoms with van der Waals surface area (Å²) < 4.78 is 9.78. The number of nitrogens with one attached hydrogen (secondary N) is 1. The lowest BCUT2D eigenvalue weighted by molar-refractivity contribution is -0.139. The number of likely N-dealkylation sites (tertiary alicyclic amines) is 1. The van der Waals surface area contributed by atoms with E-state index in [4.69, 9.17) is 9.47 Å². The molecule has 1 aliphatic rings. The van der Waals surface area contributed by atoms with Gasteiger partial charge in [0.05, 0.1) is 18.5 Å². The number of methoxy groups -OCH3 is 1. The first-order chi connectivity index (χ1) is 9.10. The Morgan fingerprint density at radius 3 is 2.79 bits per heavy atom. The van der Waals surface area contributed by atoms with Crippen LogP contribution in [0.5, 0.6) is 0 Å². The fourth-order valence-electron chi connectivity index (χ4n) is 1.53. The van der Waals surface area contributed by atoms with Crippen molar-refractivity contribution in [3.8, 4) is 0 Å². The summed E-state index contributed by atoms with van der Waals surface area (Å²) in [7, 11) is 1.54. The molecule has 0 radical (unpaired) electrons. The third-order valence-corrected chi connectivity index (χ3v) is 3.52. The van der Waals surface area contributed by atoms with Crippen molar-refractivity contribution in [3.05, 3.63) is 0 Å². The molecule has 1 saturated heterocycles. The highest BCUT2D eigenvalue weighted by Gasteiger charge is 2.37. The number of nitrogens with zero attached hydrogens (tertiary/aromatic N) is 1. The SMILES string of the molecule is COCCOCC(=O)NCN1C(=O)CC(SC)C1=O. The molecule has 0 aromatic rings. The maximum atomic E-state index is 11.7. The molecule has 1 unspecified atom stereocenters. The Morgan fingerprint density at radius 1 is 1.47 bits per heavy atom. The molecule has 108 valence electrons. The molecule has 3 amide bonds. The van der Waals surface area contributed by atoms with Crippen LogP contribution in [0.15, 0.2) is 0 Å². The summed E-state index contributed by atoms with van der Waals surface area (Å²) in [5.74, 6) is -0.882. The van der Waals surface area contributed by atoms with Crippen LogP contribution in [0.2, 0.25) is 0 Å². The van der Waals surface area contributed by atoms with Crippen LogP contribution >= 0.6 is 11.8 Å². The van der Waals surface area contributed by atoms with Gasteiger partial charge in [0.2, 0.25) is 17.7 Å². The zero-order valence-corrected chi connectivity index (χ0v) is 11.8. The predicted octanol–water partition coefficient (Wildman–Crippen LogP) is -0.786. The molecule has 0 saturated carbocycles. The molecule has 0 bridgehead atoms. The van der Waals surface area contributed by atoms with E-state index in [1.54, 1.807) is 6.26 Å². The zero-order chi connectivity index (χ0) is 14.3. The smallest absolute Gasteiger partial charge is 0.247 e. The molecule has 0 aliphatic carbocycles. The summed E-state index contributed by atoms with van der Waals surface area (Å²) in [4.78, 5) is 35.8. The summed E-state index contributed by atoms with van der Waals surface area (Å²) in [5, 5.41) is 2.15. The molecule has 8 heteroatoms. The van der Waals surface area contributed by atoms with Gasteiger partial charge in [0.1, 0.15) is 13.3 Å². The third kappa shape index (κ3) is 4.81. The highest BCUT2D eigenvalue weighted by atomic mass is 32.2. The van der Waals surface area contributed by atoms with E-state index in [-0.39, 0.29) is 42.7 Å². The number of ether oxygens (including phenoxy) is 2. The Hall–Kier alpha value is -1.12. The molecule has 0 spiro atoms. The first-order valence-electron chi connectivity index (χ1n) is 5.80. The van der Waals surface area contributed by atoms with E-state index in [9.17, 15) is 14.4 Å². The highest BCUT2D eigenvalue weighted by Crippen LogP contribution is 2.22. The lowest BCUT2D eigenvalue weighted by Crippen LogP contribution is -2.42. The second-order valence-electron chi connectivity index (χ2n) is 3.89. The molecule has 0 aromatic heterocycles. The summed E-state index contributed by atoms with van der Waals surface area (Å²) in [6.45, 7) is 0.512. The maximum Gasteiger partial charge on any atom is 0.247 e. The van der Waals surface area contributed by atoms with Gasteiger partial charge in [-0.3, -0.25) is 19.3 Å². The molecular weight excluding hydrogens is 272 g/mol. The van der Waals surface area contributed by atoms with E-state index < -0.39 is 0 Å². The van der Waals surface area contributed by atoms with Crippen LogP contribution in [0.25, 0.3) is 0 Å². The van der Waals surface area contributed by atoms with Crippen LogP contribution in [0, 0.1) is 0 Å². The van der Waals surface area contributed by atoms with Crippen LogP contribution in [0.3, 0.4) is 0 Å². The van der Waals surface area contributed by atoms with Gasteiger partial charge in [-0.15, -0.1) is 0 Å². The molecular formula is C11H18N2O5S. The monoisotopic (exact) mass is 290 g/mol. The van der Waals surface area contributed by atoms with E-state index in [1.165, 1.54) is 18.9 Å². The van der Waals surface area contributed by atoms with Crippen molar-refractivity contribution in [1.29, 1.82) is 0 Å². The molecule has 1 atom stereocenters. The Balaban J connectivity index is 2.26. The van der Waals surface area contributed by atoms with E-state index in [1.807, 2.05) is 0 Å².